The van der Waals surface area contributed by atoms with Crippen LogP contribution >= 0.6 is 0 Å². The van der Waals surface area contributed by atoms with Gasteiger partial charge in [0.2, 0.25) is 5.91 Å². The number of carbonyl (C=O) groups excluding carboxylic acids is 1. The summed E-state index contributed by atoms with van der Waals surface area (Å²) in [5, 5.41) is 10.5. The molecule has 0 saturated heterocycles. The number of nitrogen functional groups attached to an aromatic ring is 1. The topological polar surface area (TPSA) is 92.4 Å². The number of rotatable bonds is 3. The first kappa shape index (κ1) is 11.0. The molecule has 0 radical (unpaired) electrons. The van der Waals surface area contributed by atoms with Gasteiger partial charge in [0.05, 0.1) is 11.4 Å². The highest BCUT2D eigenvalue weighted by molar-refractivity contribution is 6.02. The van der Waals surface area contributed by atoms with E-state index in [0.29, 0.717) is 0 Å². The molecular formula is C9H9FN2O3. The lowest BCUT2D eigenvalue weighted by molar-refractivity contribution is -0.139. The molecule has 0 bridgehead atoms. The first-order valence-corrected chi connectivity index (χ1v) is 4.05. The highest BCUT2D eigenvalue weighted by atomic mass is 19.1. The molecule has 15 heavy (non-hydrogen) atoms. The van der Waals surface area contributed by atoms with E-state index in [-0.39, 0.29) is 11.4 Å². The summed E-state index contributed by atoms with van der Waals surface area (Å²) in [7, 11) is 0. The van der Waals surface area contributed by atoms with Crippen LogP contribution in [0, 0.1) is 5.82 Å². The molecule has 0 unspecified atom stereocenters. The van der Waals surface area contributed by atoms with Crippen molar-refractivity contribution in [2.24, 2.45) is 0 Å². The molecule has 0 aliphatic carbocycles. The van der Waals surface area contributed by atoms with E-state index in [4.69, 9.17) is 10.8 Å². The van der Waals surface area contributed by atoms with E-state index in [2.05, 4.69) is 5.32 Å². The fourth-order valence-corrected chi connectivity index (χ4v) is 0.969. The van der Waals surface area contributed by atoms with Gasteiger partial charge in [0, 0.05) is 0 Å². The van der Waals surface area contributed by atoms with Gasteiger partial charge in [-0.2, -0.15) is 0 Å². The Kier molecular flexibility index (Phi) is 3.22. The van der Waals surface area contributed by atoms with Gasteiger partial charge in [0.15, 0.2) is 0 Å². The quantitative estimate of drug-likeness (QED) is 0.511. The normalized spacial score (nSPS) is 9.67. The molecule has 4 N–H and O–H groups in total. The minimum Gasteiger partial charge on any atom is -0.481 e. The number of anilines is 2. The molecule has 1 amide bonds. The molecule has 0 spiro atoms. The largest absolute Gasteiger partial charge is 0.481 e. The zero-order valence-corrected chi connectivity index (χ0v) is 7.66. The number of carbonyl (C=O) groups is 2. The predicted octanol–water partition coefficient (Wildman–Crippen LogP) is 0.821. The summed E-state index contributed by atoms with van der Waals surface area (Å²) in [6.07, 6.45) is -0.685. The van der Waals surface area contributed by atoms with E-state index in [1.807, 2.05) is 0 Å². The first-order valence-electron chi connectivity index (χ1n) is 4.05. The predicted molar refractivity (Wildman–Crippen MR) is 51.7 cm³/mol. The number of benzene rings is 1. The monoisotopic (exact) mass is 212 g/mol. The van der Waals surface area contributed by atoms with Crippen molar-refractivity contribution >= 4 is 23.3 Å². The third-order valence-corrected chi connectivity index (χ3v) is 1.60. The lowest BCUT2D eigenvalue weighted by atomic mass is 10.2. The molecule has 80 valence electrons. The van der Waals surface area contributed by atoms with Crippen LogP contribution in [-0.4, -0.2) is 17.0 Å². The molecular weight excluding hydrogens is 203 g/mol. The van der Waals surface area contributed by atoms with Crippen LogP contribution in [0.5, 0.6) is 0 Å². The van der Waals surface area contributed by atoms with Crippen molar-refractivity contribution in [3.05, 3.63) is 24.0 Å². The average Bonchev–Trinajstić information content (AvgIpc) is 2.10. The summed E-state index contributed by atoms with van der Waals surface area (Å²) in [6, 6.07) is 3.45. The van der Waals surface area contributed by atoms with Gasteiger partial charge in [-0.1, -0.05) is 0 Å². The van der Waals surface area contributed by atoms with Gasteiger partial charge in [-0.25, -0.2) is 4.39 Å². The van der Waals surface area contributed by atoms with E-state index in [1.54, 1.807) is 0 Å². The van der Waals surface area contributed by atoms with Crippen LogP contribution in [0.1, 0.15) is 6.42 Å². The Hall–Kier alpha value is -2.11. The van der Waals surface area contributed by atoms with Crippen LogP contribution in [0.3, 0.4) is 0 Å². The van der Waals surface area contributed by atoms with E-state index >= 15 is 0 Å². The van der Waals surface area contributed by atoms with Gasteiger partial charge in [-0.15, -0.1) is 0 Å². The SMILES string of the molecule is Nc1ccc(F)cc1NC(=O)CC(=O)O. The van der Waals surface area contributed by atoms with Gasteiger partial charge in [0.25, 0.3) is 0 Å². The Labute approximate surface area is 84.7 Å². The Bertz CT molecular complexity index is 406. The second kappa shape index (κ2) is 4.41. The lowest BCUT2D eigenvalue weighted by Gasteiger charge is -2.06. The molecule has 0 atom stereocenters. The molecule has 1 rings (SSSR count). The van der Waals surface area contributed by atoms with Crippen LogP contribution in [0.4, 0.5) is 15.8 Å². The second-order valence-corrected chi connectivity index (χ2v) is 2.85. The number of hydrogen-bond acceptors (Lipinski definition) is 3. The molecule has 0 aliphatic heterocycles. The summed E-state index contributed by atoms with van der Waals surface area (Å²) in [6.45, 7) is 0. The number of halogens is 1. The summed E-state index contributed by atoms with van der Waals surface area (Å²) in [5.74, 6) is -2.57. The maximum absolute atomic E-state index is 12.7. The third kappa shape index (κ3) is 3.26. The van der Waals surface area contributed by atoms with Crippen molar-refractivity contribution in [2.75, 3.05) is 11.1 Å². The number of carboxylic acids is 1. The first-order chi connectivity index (χ1) is 6.99. The maximum atomic E-state index is 12.7. The van der Waals surface area contributed by atoms with E-state index < -0.39 is 24.1 Å². The van der Waals surface area contributed by atoms with Crippen molar-refractivity contribution in [3.8, 4) is 0 Å². The van der Waals surface area contributed by atoms with Crippen molar-refractivity contribution < 1.29 is 19.1 Å². The standard InChI is InChI=1S/C9H9FN2O3/c10-5-1-2-6(11)7(3-5)12-8(13)4-9(14)15/h1-3H,4,11H2,(H,12,13)(H,14,15). The summed E-state index contributed by atoms with van der Waals surface area (Å²) < 4.78 is 12.7. The van der Waals surface area contributed by atoms with E-state index in [0.717, 1.165) is 12.1 Å². The molecule has 1 aromatic carbocycles. The van der Waals surface area contributed by atoms with Crippen LogP contribution in [-0.2, 0) is 9.59 Å². The molecule has 0 fully saturated rings. The summed E-state index contributed by atoms with van der Waals surface area (Å²) >= 11 is 0. The van der Waals surface area contributed by atoms with Crippen LogP contribution in [0.25, 0.3) is 0 Å². The Morgan fingerprint density at radius 1 is 1.47 bits per heavy atom. The smallest absolute Gasteiger partial charge is 0.312 e. The van der Waals surface area contributed by atoms with Gasteiger partial charge in [-0.05, 0) is 18.2 Å². The molecule has 0 saturated carbocycles. The van der Waals surface area contributed by atoms with E-state index in [9.17, 15) is 14.0 Å². The lowest BCUT2D eigenvalue weighted by Crippen LogP contribution is -2.16. The summed E-state index contributed by atoms with van der Waals surface area (Å²) in [5.41, 5.74) is 5.69. The van der Waals surface area contributed by atoms with Gasteiger partial charge in [-0.3, -0.25) is 9.59 Å². The highest BCUT2D eigenvalue weighted by Crippen LogP contribution is 2.19. The van der Waals surface area contributed by atoms with Crippen LogP contribution in [0.2, 0.25) is 0 Å². The summed E-state index contributed by atoms with van der Waals surface area (Å²) in [4.78, 5) is 21.2. The van der Waals surface area contributed by atoms with Gasteiger partial charge >= 0.3 is 5.97 Å². The Balaban J connectivity index is 2.76. The zero-order chi connectivity index (χ0) is 11.4. The zero-order valence-electron chi connectivity index (χ0n) is 7.66. The average molecular weight is 212 g/mol. The minimum atomic E-state index is -1.26. The number of aliphatic carboxylic acids is 1. The molecule has 0 heterocycles. The number of amides is 1. The fourth-order valence-electron chi connectivity index (χ4n) is 0.969. The molecule has 0 aromatic heterocycles. The minimum absolute atomic E-state index is 0.0706. The Morgan fingerprint density at radius 3 is 2.73 bits per heavy atom. The highest BCUT2D eigenvalue weighted by Gasteiger charge is 2.09. The van der Waals surface area contributed by atoms with Crippen LogP contribution in [0.15, 0.2) is 18.2 Å². The fraction of sp³-hybridized carbons (Fsp3) is 0.111. The Morgan fingerprint density at radius 2 is 2.13 bits per heavy atom. The van der Waals surface area contributed by atoms with Crippen molar-refractivity contribution in [1.29, 1.82) is 0 Å². The second-order valence-electron chi connectivity index (χ2n) is 2.85. The van der Waals surface area contributed by atoms with E-state index in [1.165, 1.54) is 6.07 Å². The molecule has 5 nitrogen and oxygen atoms in total. The van der Waals surface area contributed by atoms with Crippen molar-refractivity contribution in [2.45, 2.75) is 6.42 Å². The van der Waals surface area contributed by atoms with Crippen molar-refractivity contribution in [1.82, 2.24) is 0 Å². The molecule has 6 heteroatoms. The number of carboxylic acid groups (broad SMARTS) is 1. The number of nitrogens with one attached hydrogen (secondary N) is 1. The number of hydrogen-bond donors (Lipinski definition) is 3. The molecule has 1 aromatic rings. The van der Waals surface area contributed by atoms with Gasteiger partial charge in [0.1, 0.15) is 12.2 Å². The molecule has 0 aliphatic rings. The third-order valence-electron chi connectivity index (χ3n) is 1.60. The number of nitrogens with two attached hydrogens (primary N) is 1. The van der Waals surface area contributed by atoms with Crippen molar-refractivity contribution in [3.63, 3.8) is 0 Å². The van der Waals surface area contributed by atoms with Gasteiger partial charge < -0.3 is 16.2 Å². The van der Waals surface area contributed by atoms with Crippen LogP contribution < -0.4 is 11.1 Å². The maximum Gasteiger partial charge on any atom is 0.312 e.